The van der Waals surface area contributed by atoms with Gasteiger partial charge in [-0.15, -0.1) is 5.11 Å². The van der Waals surface area contributed by atoms with Crippen LogP contribution in [0.1, 0.15) is 0 Å². The molecule has 1 aliphatic heterocycles. The zero-order valence-corrected chi connectivity index (χ0v) is 12.4. The van der Waals surface area contributed by atoms with E-state index in [0.29, 0.717) is 10.7 Å². The molecule has 0 spiro atoms. The van der Waals surface area contributed by atoms with Crippen molar-refractivity contribution in [2.24, 2.45) is 10.2 Å². The summed E-state index contributed by atoms with van der Waals surface area (Å²) in [7, 11) is 3.95. The van der Waals surface area contributed by atoms with Gasteiger partial charge in [0.05, 0.1) is 8.73 Å². The number of halogens is 2. The molecule has 1 atom stereocenters. The molecular weight excluding hydrogens is 351 g/mol. The summed E-state index contributed by atoms with van der Waals surface area (Å²) in [6.07, 6.45) is 1.93. The Balaban J connectivity index is 2.15. The van der Waals surface area contributed by atoms with Crippen molar-refractivity contribution >= 4 is 39.9 Å². The number of nitrogens with zero attached hydrogens (tertiary/aromatic N) is 4. The van der Waals surface area contributed by atoms with Crippen LogP contribution in [0.5, 0.6) is 0 Å². The smallest absolute Gasteiger partial charge is 0.218 e. The fourth-order valence-electron chi connectivity index (χ4n) is 1.51. The Kier molecular flexibility index (Phi) is 3.88. The highest BCUT2D eigenvalue weighted by atomic mass is 127. The van der Waals surface area contributed by atoms with Gasteiger partial charge in [-0.1, -0.05) is 23.7 Å². The van der Waals surface area contributed by atoms with E-state index in [1.165, 1.54) is 0 Å². The van der Waals surface area contributed by atoms with Crippen LogP contribution in [0.3, 0.4) is 0 Å². The number of hydrogen-bond donors (Lipinski definition) is 0. The molecule has 4 nitrogen and oxygen atoms in total. The largest absolute Gasteiger partial charge is 0.339 e. The summed E-state index contributed by atoms with van der Waals surface area (Å²) in [6.45, 7) is 0. The van der Waals surface area contributed by atoms with E-state index in [2.05, 4.69) is 32.8 Å². The van der Waals surface area contributed by atoms with E-state index < -0.39 is 0 Å². The molecule has 17 heavy (non-hydrogen) atoms. The van der Waals surface area contributed by atoms with Crippen molar-refractivity contribution in [3.05, 3.63) is 39.2 Å². The molecular formula is C11H12ClIN4. The topological polar surface area (TPSA) is 31.2 Å². The van der Waals surface area contributed by atoms with Crippen LogP contribution in [0.25, 0.3) is 0 Å². The summed E-state index contributed by atoms with van der Waals surface area (Å²) in [6, 6.07) is 7.42. The van der Waals surface area contributed by atoms with Gasteiger partial charge in [-0.25, -0.2) is 0 Å². The average Bonchev–Trinajstić information content (AvgIpc) is 2.53. The Morgan fingerprint density at radius 1 is 1.29 bits per heavy atom. The first-order valence-electron chi connectivity index (χ1n) is 5.07. The van der Waals surface area contributed by atoms with E-state index in [4.69, 9.17) is 11.6 Å². The number of benzene rings is 1. The molecule has 0 amide bonds. The van der Waals surface area contributed by atoms with Crippen molar-refractivity contribution in [1.82, 2.24) is 9.80 Å². The summed E-state index contributed by atoms with van der Waals surface area (Å²) in [5.41, 5.74) is 0.692. The van der Waals surface area contributed by atoms with Gasteiger partial charge in [0.15, 0.2) is 0 Å². The van der Waals surface area contributed by atoms with Gasteiger partial charge in [0.2, 0.25) is 6.29 Å². The molecule has 1 aromatic rings. The van der Waals surface area contributed by atoms with Crippen LogP contribution in [0, 0.1) is 0 Å². The molecule has 0 N–H and O–H groups in total. The highest BCUT2D eigenvalue weighted by Gasteiger charge is 2.25. The zero-order valence-electron chi connectivity index (χ0n) is 9.51. The lowest BCUT2D eigenvalue weighted by atomic mass is 10.3. The Morgan fingerprint density at radius 2 is 2.00 bits per heavy atom. The van der Waals surface area contributed by atoms with Crippen molar-refractivity contribution < 1.29 is 0 Å². The molecule has 0 aromatic heterocycles. The molecule has 1 heterocycles. The van der Waals surface area contributed by atoms with Gasteiger partial charge in [0, 0.05) is 20.3 Å². The minimum atomic E-state index is -0.0989. The van der Waals surface area contributed by atoms with Gasteiger partial charge in [-0.05, 0) is 34.7 Å². The molecule has 0 bridgehead atoms. The third-order valence-corrected chi connectivity index (χ3v) is 3.84. The quantitative estimate of drug-likeness (QED) is 0.455. The first-order chi connectivity index (χ1) is 8.09. The zero-order chi connectivity index (χ0) is 12.4. The van der Waals surface area contributed by atoms with Gasteiger partial charge < -0.3 is 9.80 Å². The standard InChI is InChI=1S/C11H12ClIN4/c1-16-7-10(13)17(2)11(16)15-14-9-6-4-3-5-8(9)12/h3-7,11H,1-2H3. The van der Waals surface area contributed by atoms with E-state index in [-0.39, 0.29) is 6.29 Å². The highest BCUT2D eigenvalue weighted by molar-refractivity contribution is 14.1. The molecule has 1 aliphatic rings. The van der Waals surface area contributed by atoms with Gasteiger partial charge in [0.1, 0.15) is 5.69 Å². The number of azo groups is 1. The molecule has 1 aromatic carbocycles. The van der Waals surface area contributed by atoms with E-state index >= 15 is 0 Å². The lowest BCUT2D eigenvalue weighted by Crippen LogP contribution is -2.32. The Hall–Kier alpha value is -0.820. The van der Waals surface area contributed by atoms with Gasteiger partial charge in [0.25, 0.3) is 0 Å². The van der Waals surface area contributed by atoms with Gasteiger partial charge >= 0.3 is 0 Å². The highest BCUT2D eigenvalue weighted by Crippen LogP contribution is 2.28. The second-order valence-electron chi connectivity index (χ2n) is 3.74. The Morgan fingerprint density at radius 3 is 2.59 bits per heavy atom. The molecule has 6 heteroatoms. The first kappa shape index (κ1) is 12.6. The monoisotopic (exact) mass is 362 g/mol. The van der Waals surface area contributed by atoms with Crippen molar-refractivity contribution in [1.29, 1.82) is 0 Å². The van der Waals surface area contributed by atoms with E-state index in [9.17, 15) is 0 Å². The van der Waals surface area contributed by atoms with Crippen LogP contribution < -0.4 is 0 Å². The predicted molar refractivity (Wildman–Crippen MR) is 77.4 cm³/mol. The summed E-state index contributed by atoms with van der Waals surface area (Å²) in [5.74, 6) is 0. The molecule has 0 radical (unpaired) electrons. The Bertz CT molecular complexity index is 474. The molecule has 0 saturated heterocycles. The maximum Gasteiger partial charge on any atom is 0.218 e. The lowest BCUT2D eigenvalue weighted by Gasteiger charge is -2.22. The van der Waals surface area contributed by atoms with Crippen molar-refractivity contribution in [2.75, 3.05) is 14.1 Å². The second kappa shape index (κ2) is 5.22. The van der Waals surface area contributed by atoms with E-state index in [0.717, 1.165) is 3.70 Å². The molecule has 0 fully saturated rings. The van der Waals surface area contributed by atoms with Crippen molar-refractivity contribution in [3.63, 3.8) is 0 Å². The molecule has 1 unspecified atom stereocenters. The molecule has 90 valence electrons. The maximum absolute atomic E-state index is 6.02. The van der Waals surface area contributed by atoms with Crippen LogP contribution in [0.4, 0.5) is 5.69 Å². The van der Waals surface area contributed by atoms with Crippen LogP contribution in [0.2, 0.25) is 5.02 Å². The van der Waals surface area contributed by atoms with Crippen molar-refractivity contribution in [3.8, 4) is 0 Å². The Labute approximate surface area is 119 Å². The van der Waals surface area contributed by atoms with Gasteiger partial charge in [-0.2, -0.15) is 5.11 Å². The normalized spacial score (nSPS) is 20.2. The van der Waals surface area contributed by atoms with E-state index in [1.54, 1.807) is 6.07 Å². The third kappa shape index (κ3) is 2.71. The lowest BCUT2D eigenvalue weighted by molar-refractivity contribution is 0.205. The SMILES string of the molecule is CN1C=C(I)N(C)C1N=Nc1ccccc1Cl. The summed E-state index contributed by atoms with van der Waals surface area (Å²) in [5, 5.41) is 9.11. The van der Waals surface area contributed by atoms with Crippen LogP contribution in [0.15, 0.2) is 44.4 Å². The third-order valence-electron chi connectivity index (χ3n) is 2.48. The minimum Gasteiger partial charge on any atom is -0.339 e. The van der Waals surface area contributed by atoms with E-state index in [1.807, 2.05) is 48.3 Å². The van der Waals surface area contributed by atoms with Crippen LogP contribution in [-0.2, 0) is 0 Å². The second-order valence-corrected chi connectivity index (χ2v) is 5.25. The molecule has 2 rings (SSSR count). The van der Waals surface area contributed by atoms with Crippen molar-refractivity contribution in [2.45, 2.75) is 6.29 Å². The summed E-state index contributed by atoms with van der Waals surface area (Å²) < 4.78 is 1.13. The maximum atomic E-state index is 6.02. The molecule has 0 aliphatic carbocycles. The number of rotatable bonds is 2. The summed E-state index contributed by atoms with van der Waals surface area (Å²) in [4.78, 5) is 4.04. The predicted octanol–water partition coefficient (Wildman–Crippen LogP) is 3.82. The molecule has 0 saturated carbocycles. The minimum absolute atomic E-state index is 0.0989. The average molecular weight is 363 g/mol. The fourth-order valence-corrected chi connectivity index (χ4v) is 2.38. The van der Waals surface area contributed by atoms with Crippen LogP contribution in [-0.4, -0.2) is 30.2 Å². The van der Waals surface area contributed by atoms with Crippen LogP contribution >= 0.6 is 34.2 Å². The summed E-state index contributed by atoms with van der Waals surface area (Å²) >= 11 is 8.28. The number of hydrogen-bond acceptors (Lipinski definition) is 4. The fraction of sp³-hybridized carbons (Fsp3) is 0.273. The van der Waals surface area contributed by atoms with Gasteiger partial charge in [-0.3, -0.25) is 0 Å². The first-order valence-corrected chi connectivity index (χ1v) is 6.53.